The molecule has 5 nitrogen and oxygen atoms in total. The van der Waals surface area contributed by atoms with Gasteiger partial charge in [0.15, 0.2) is 0 Å². The van der Waals surface area contributed by atoms with Gasteiger partial charge in [0, 0.05) is 25.3 Å². The second-order valence-electron chi connectivity index (χ2n) is 7.24. The number of aromatic nitrogens is 1. The first-order valence-corrected chi connectivity index (χ1v) is 9.98. The molecule has 0 fully saturated rings. The molecule has 1 unspecified atom stereocenters. The zero-order valence-corrected chi connectivity index (χ0v) is 17.1. The summed E-state index contributed by atoms with van der Waals surface area (Å²) in [5.41, 5.74) is 4.24. The van der Waals surface area contributed by atoms with Gasteiger partial charge in [0.25, 0.3) is 0 Å². The van der Waals surface area contributed by atoms with Crippen LogP contribution in [-0.4, -0.2) is 36.8 Å². The first-order valence-electron chi connectivity index (χ1n) is 9.16. The van der Waals surface area contributed by atoms with Crippen molar-refractivity contribution < 1.29 is 14.6 Å². The van der Waals surface area contributed by atoms with Crippen LogP contribution in [0, 0.1) is 0 Å². The van der Waals surface area contributed by atoms with Crippen molar-refractivity contribution in [3.8, 4) is 10.6 Å². The minimum absolute atomic E-state index is 0.250. The van der Waals surface area contributed by atoms with E-state index in [9.17, 15) is 9.90 Å². The summed E-state index contributed by atoms with van der Waals surface area (Å²) in [5.74, 6) is -0.361. The molecule has 1 aliphatic rings. The highest BCUT2D eigenvalue weighted by Gasteiger charge is 2.25. The molecule has 1 aromatic heterocycles. The number of carbonyl (C=O) groups excluding carboxylic acids is 1. The van der Waals surface area contributed by atoms with Crippen LogP contribution < -0.4 is 4.90 Å². The average molecular weight is 387 g/mol. The van der Waals surface area contributed by atoms with Crippen LogP contribution in [0.5, 0.6) is 0 Å². The number of nitrogens with zero attached hydrogens (tertiary/aromatic N) is 2. The van der Waals surface area contributed by atoms with Gasteiger partial charge in [-0.3, -0.25) is 0 Å². The second kappa shape index (κ2) is 8.23. The number of esters is 1. The van der Waals surface area contributed by atoms with Crippen LogP contribution in [0.3, 0.4) is 0 Å². The Labute approximate surface area is 164 Å². The molecule has 144 valence electrons. The van der Waals surface area contributed by atoms with Gasteiger partial charge in [0.2, 0.25) is 0 Å². The quantitative estimate of drug-likeness (QED) is 0.611. The maximum absolute atomic E-state index is 12.8. The summed E-state index contributed by atoms with van der Waals surface area (Å²) in [6.45, 7) is 4.19. The third-order valence-electron chi connectivity index (χ3n) is 4.60. The number of fused-ring (bicyclic) bond motifs is 1. The zero-order valence-electron chi connectivity index (χ0n) is 16.3. The Kier molecular flexibility index (Phi) is 5.97. The third kappa shape index (κ3) is 4.39. The number of hydrogen-bond donors (Lipinski definition) is 1. The number of thiazole rings is 1. The summed E-state index contributed by atoms with van der Waals surface area (Å²) >= 11 is 1.48. The van der Waals surface area contributed by atoms with Gasteiger partial charge in [0.1, 0.15) is 11.6 Å². The molecule has 1 heterocycles. The highest BCUT2D eigenvalue weighted by molar-refractivity contribution is 7.15. The Balaban J connectivity index is 1.99. The number of rotatable bonds is 5. The Morgan fingerprint density at radius 1 is 1.41 bits per heavy atom. The van der Waals surface area contributed by atoms with Crippen LogP contribution in [0.25, 0.3) is 10.6 Å². The molecule has 1 aliphatic carbocycles. The molecule has 2 aromatic rings. The number of anilines is 1. The fraction of sp³-hybridized carbons (Fsp3) is 0.429. The molecular weight excluding hydrogens is 360 g/mol. The van der Waals surface area contributed by atoms with Crippen LogP contribution in [0.1, 0.15) is 53.7 Å². The smallest absolute Gasteiger partial charge is 0.339 e. The minimum atomic E-state index is -0.450. The normalized spacial score (nSPS) is 15.8. The summed E-state index contributed by atoms with van der Waals surface area (Å²) in [6.07, 6.45) is 4.01. The van der Waals surface area contributed by atoms with Crippen LogP contribution >= 0.6 is 11.3 Å². The van der Waals surface area contributed by atoms with E-state index in [4.69, 9.17) is 9.72 Å². The van der Waals surface area contributed by atoms with Crippen LogP contribution in [-0.2, 0) is 11.2 Å². The third-order valence-corrected chi connectivity index (χ3v) is 5.83. The summed E-state index contributed by atoms with van der Waals surface area (Å²) in [4.78, 5) is 20.4. The number of aryl methyl sites for hydroxylation is 1. The van der Waals surface area contributed by atoms with Crippen molar-refractivity contribution in [2.24, 2.45) is 0 Å². The number of ether oxygens (including phenoxy) is 1. The van der Waals surface area contributed by atoms with Crippen molar-refractivity contribution >= 4 is 23.0 Å². The molecule has 0 saturated carbocycles. The Bertz CT molecular complexity index is 866. The molecule has 0 bridgehead atoms. The van der Waals surface area contributed by atoms with Gasteiger partial charge in [-0.25, -0.2) is 9.78 Å². The topological polar surface area (TPSA) is 62.7 Å². The number of aliphatic hydroxyl groups excluding tert-OH is 1. The molecule has 0 radical (unpaired) electrons. The lowest BCUT2D eigenvalue weighted by Crippen LogP contribution is -2.12. The molecule has 0 saturated heterocycles. The number of benzene rings is 1. The number of allylic oxidation sites excluding steroid dienone is 1. The van der Waals surface area contributed by atoms with Crippen molar-refractivity contribution in [1.29, 1.82) is 0 Å². The molecular formula is C21H26N2O3S. The lowest BCUT2D eigenvalue weighted by atomic mass is 10.0. The molecule has 0 spiro atoms. The van der Waals surface area contributed by atoms with E-state index in [1.165, 1.54) is 11.3 Å². The van der Waals surface area contributed by atoms with E-state index >= 15 is 0 Å². The van der Waals surface area contributed by atoms with E-state index in [0.717, 1.165) is 51.7 Å². The van der Waals surface area contributed by atoms with Crippen molar-refractivity contribution in [2.75, 3.05) is 25.6 Å². The van der Waals surface area contributed by atoms with Crippen LogP contribution in [0.15, 0.2) is 29.8 Å². The first kappa shape index (κ1) is 19.6. The van der Waals surface area contributed by atoms with Gasteiger partial charge in [0.05, 0.1) is 22.2 Å². The van der Waals surface area contributed by atoms with Gasteiger partial charge < -0.3 is 14.7 Å². The lowest BCUT2D eigenvalue weighted by molar-refractivity contribution is 0.0550. The molecule has 1 aromatic carbocycles. The van der Waals surface area contributed by atoms with Gasteiger partial charge in [-0.2, -0.15) is 0 Å². The van der Waals surface area contributed by atoms with E-state index in [1.54, 1.807) is 0 Å². The fourth-order valence-corrected chi connectivity index (χ4v) is 4.21. The molecule has 1 atom stereocenters. The minimum Gasteiger partial charge on any atom is -0.458 e. The van der Waals surface area contributed by atoms with E-state index < -0.39 is 6.10 Å². The van der Waals surface area contributed by atoms with Gasteiger partial charge in [-0.05, 0) is 57.4 Å². The SMILES string of the molecule is CC(C)=CCOC(=O)c1cc(N(C)C)ccc1-c1nc2c(s1)C(O)CCC2. The van der Waals surface area contributed by atoms with Gasteiger partial charge in [-0.15, -0.1) is 11.3 Å². The molecule has 0 aliphatic heterocycles. The summed E-state index contributed by atoms with van der Waals surface area (Å²) in [7, 11) is 3.87. The molecule has 3 rings (SSSR count). The zero-order chi connectivity index (χ0) is 19.6. The average Bonchev–Trinajstić information content (AvgIpc) is 3.06. The van der Waals surface area contributed by atoms with Gasteiger partial charge in [-0.1, -0.05) is 5.57 Å². The molecule has 27 heavy (non-hydrogen) atoms. The Morgan fingerprint density at radius 3 is 2.85 bits per heavy atom. The van der Waals surface area contributed by atoms with E-state index in [1.807, 2.05) is 57.1 Å². The van der Waals surface area contributed by atoms with E-state index in [2.05, 4.69) is 0 Å². The van der Waals surface area contributed by atoms with Crippen molar-refractivity contribution in [3.63, 3.8) is 0 Å². The monoisotopic (exact) mass is 386 g/mol. The molecule has 1 N–H and O–H groups in total. The second-order valence-corrected chi connectivity index (χ2v) is 8.27. The maximum Gasteiger partial charge on any atom is 0.339 e. The summed E-state index contributed by atoms with van der Waals surface area (Å²) in [6, 6.07) is 5.74. The number of hydrogen-bond acceptors (Lipinski definition) is 6. The molecule has 6 heteroatoms. The maximum atomic E-state index is 12.8. The van der Waals surface area contributed by atoms with Crippen molar-refractivity contribution in [2.45, 2.75) is 39.2 Å². The number of aliphatic hydroxyl groups is 1. The highest BCUT2D eigenvalue weighted by atomic mass is 32.1. The van der Waals surface area contributed by atoms with Crippen molar-refractivity contribution in [3.05, 3.63) is 46.0 Å². The fourth-order valence-electron chi connectivity index (χ4n) is 3.04. The Morgan fingerprint density at radius 2 is 2.19 bits per heavy atom. The van der Waals surface area contributed by atoms with Crippen LogP contribution in [0.4, 0.5) is 5.69 Å². The number of carbonyl (C=O) groups is 1. The van der Waals surface area contributed by atoms with E-state index in [0.29, 0.717) is 5.56 Å². The largest absolute Gasteiger partial charge is 0.458 e. The molecule has 0 amide bonds. The highest BCUT2D eigenvalue weighted by Crippen LogP contribution is 2.39. The predicted octanol–water partition coefficient (Wildman–Crippen LogP) is 4.37. The van der Waals surface area contributed by atoms with Crippen molar-refractivity contribution in [1.82, 2.24) is 4.98 Å². The predicted molar refractivity (Wildman–Crippen MR) is 109 cm³/mol. The summed E-state index contributed by atoms with van der Waals surface area (Å²) < 4.78 is 5.45. The lowest BCUT2D eigenvalue weighted by Gasteiger charge is -2.15. The Hall–Kier alpha value is -2.18. The van der Waals surface area contributed by atoms with E-state index in [-0.39, 0.29) is 12.6 Å². The standard InChI is InChI=1S/C21H26N2O3S/c1-13(2)10-11-26-21(25)16-12-14(23(3)4)8-9-15(16)20-22-17-6-5-7-18(24)19(17)27-20/h8-10,12,18,24H,5-7,11H2,1-4H3. The summed E-state index contributed by atoms with van der Waals surface area (Å²) in [5, 5.41) is 11.0. The van der Waals surface area contributed by atoms with Crippen LogP contribution in [0.2, 0.25) is 0 Å². The van der Waals surface area contributed by atoms with Gasteiger partial charge >= 0.3 is 5.97 Å². The first-order chi connectivity index (χ1) is 12.9.